The second kappa shape index (κ2) is 8.74. The second-order valence-corrected chi connectivity index (χ2v) is 8.36. The van der Waals surface area contributed by atoms with Crippen LogP contribution in [0.25, 0.3) is 0 Å². The SMILES string of the molecule is C=C(C)C(Cc1c(F)c(F)c(COC)c(F)c1F)(C(=O)O)c1cnc(C(C)(C)C)nc1. The van der Waals surface area contributed by atoms with E-state index >= 15 is 0 Å². The van der Waals surface area contributed by atoms with Crippen LogP contribution >= 0.6 is 0 Å². The topological polar surface area (TPSA) is 72.3 Å². The lowest BCUT2D eigenvalue weighted by atomic mass is 9.71. The minimum Gasteiger partial charge on any atom is -0.480 e. The summed E-state index contributed by atoms with van der Waals surface area (Å²) in [5, 5.41) is 10.0. The number of methoxy groups -OCH3 is 1. The van der Waals surface area contributed by atoms with Crippen molar-refractivity contribution < 1.29 is 32.2 Å². The summed E-state index contributed by atoms with van der Waals surface area (Å²) in [5.41, 5.74) is -4.58. The van der Waals surface area contributed by atoms with Gasteiger partial charge in [-0.3, -0.25) is 4.79 Å². The van der Waals surface area contributed by atoms with Crippen LogP contribution in [0.15, 0.2) is 24.5 Å². The molecule has 1 heterocycles. The van der Waals surface area contributed by atoms with Gasteiger partial charge < -0.3 is 9.84 Å². The number of rotatable bonds is 7. The highest BCUT2D eigenvalue weighted by atomic mass is 19.2. The van der Waals surface area contributed by atoms with Crippen molar-refractivity contribution in [3.05, 3.63) is 70.3 Å². The number of aromatic nitrogens is 2. The van der Waals surface area contributed by atoms with Gasteiger partial charge in [0.1, 0.15) is 11.2 Å². The van der Waals surface area contributed by atoms with E-state index in [-0.39, 0.29) is 11.1 Å². The summed E-state index contributed by atoms with van der Waals surface area (Å²) in [6, 6.07) is 0. The first-order valence-corrected chi connectivity index (χ1v) is 9.34. The molecular weight excluding hydrogens is 416 g/mol. The molecule has 5 nitrogen and oxygen atoms in total. The van der Waals surface area contributed by atoms with E-state index < -0.39 is 64.2 Å². The first kappa shape index (κ1) is 24.5. The van der Waals surface area contributed by atoms with E-state index in [9.17, 15) is 27.5 Å². The lowest BCUT2D eigenvalue weighted by Crippen LogP contribution is -2.40. The Balaban J connectivity index is 2.73. The first-order valence-electron chi connectivity index (χ1n) is 9.34. The Kier molecular flexibility index (Phi) is 6.90. The molecule has 9 heteroatoms. The van der Waals surface area contributed by atoms with Gasteiger partial charge in [0.05, 0.1) is 12.2 Å². The number of aliphatic carboxylic acids is 1. The Hall–Kier alpha value is -2.81. The van der Waals surface area contributed by atoms with Crippen molar-refractivity contribution >= 4 is 5.97 Å². The third kappa shape index (κ3) is 4.32. The van der Waals surface area contributed by atoms with Gasteiger partial charge in [0, 0.05) is 42.5 Å². The van der Waals surface area contributed by atoms with Crippen molar-refractivity contribution in [3.63, 3.8) is 0 Å². The molecule has 0 aliphatic rings. The van der Waals surface area contributed by atoms with Crippen molar-refractivity contribution in [2.24, 2.45) is 0 Å². The van der Waals surface area contributed by atoms with Crippen LogP contribution in [0.5, 0.6) is 0 Å². The van der Waals surface area contributed by atoms with Crippen molar-refractivity contribution in [2.75, 3.05) is 7.11 Å². The number of halogens is 4. The molecule has 1 aromatic heterocycles. The summed E-state index contributed by atoms with van der Waals surface area (Å²) in [7, 11) is 1.11. The van der Waals surface area contributed by atoms with Gasteiger partial charge in [-0.05, 0) is 6.92 Å². The number of hydrogen-bond donors (Lipinski definition) is 1. The van der Waals surface area contributed by atoms with Crippen LogP contribution in [0.3, 0.4) is 0 Å². The summed E-state index contributed by atoms with van der Waals surface area (Å²) in [5.74, 6) is -7.77. The molecule has 1 unspecified atom stereocenters. The molecule has 0 radical (unpaired) electrons. The van der Waals surface area contributed by atoms with Crippen LogP contribution in [0.2, 0.25) is 0 Å². The summed E-state index contributed by atoms with van der Waals surface area (Å²) in [6.45, 7) is 9.85. The van der Waals surface area contributed by atoms with Crippen molar-refractivity contribution in [1.29, 1.82) is 0 Å². The van der Waals surface area contributed by atoms with Gasteiger partial charge in [-0.15, -0.1) is 0 Å². The Bertz CT molecular complexity index is 972. The number of carbonyl (C=O) groups is 1. The smallest absolute Gasteiger partial charge is 0.318 e. The molecule has 2 aromatic rings. The quantitative estimate of drug-likeness (QED) is 0.387. The number of ether oxygens (including phenoxy) is 1. The van der Waals surface area contributed by atoms with E-state index in [0.29, 0.717) is 5.82 Å². The second-order valence-electron chi connectivity index (χ2n) is 8.36. The molecule has 1 atom stereocenters. The van der Waals surface area contributed by atoms with Crippen LogP contribution in [0.4, 0.5) is 17.6 Å². The van der Waals surface area contributed by atoms with Crippen molar-refractivity contribution in [2.45, 2.75) is 51.6 Å². The maximum atomic E-state index is 14.7. The van der Waals surface area contributed by atoms with E-state index in [0.717, 1.165) is 7.11 Å². The molecule has 0 saturated carbocycles. The fraction of sp³-hybridized carbons (Fsp3) is 0.409. The molecule has 0 bridgehead atoms. The fourth-order valence-electron chi connectivity index (χ4n) is 3.23. The molecule has 2 rings (SSSR count). The van der Waals surface area contributed by atoms with E-state index in [1.54, 1.807) is 0 Å². The number of benzene rings is 1. The molecule has 31 heavy (non-hydrogen) atoms. The Labute approximate surface area is 177 Å². The van der Waals surface area contributed by atoms with Crippen LogP contribution < -0.4 is 0 Å². The van der Waals surface area contributed by atoms with E-state index in [1.807, 2.05) is 20.8 Å². The molecule has 1 N–H and O–H groups in total. The molecular formula is C22H24F4N2O3. The number of carboxylic acids is 1. The average Bonchev–Trinajstić information content (AvgIpc) is 2.69. The highest BCUT2D eigenvalue weighted by molar-refractivity contribution is 5.85. The fourth-order valence-corrected chi connectivity index (χ4v) is 3.23. The maximum Gasteiger partial charge on any atom is 0.318 e. The standard InChI is InChI=1S/C22H24F4N2O3/c1-11(2)22(20(29)30,12-8-27-19(28-9-12)21(3,4)5)7-13-15(23)17(25)14(10-31-6)18(26)16(13)24/h8-9H,1,7,10H2,2-6H3,(H,29,30). The van der Waals surface area contributed by atoms with Gasteiger partial charge in [0.2, 0.25) is 0 Å². The van der Waals surface area contributed by atoms with E-state index in [1.165, 1.54) is 19.3 Å². The zero-order chi connectivity index (χ0) is 23.7. The predicted octanol–water partition coefficient (Wildman–Crippen LogP) is 4.62. The van der Waals surface area contributed by atoms with Gasteiger partial charge >= 0.3 is 5.97 Å². The van der Waals surface area contributed by atoms with Crippen molar-refractivity contribution in [3.8, 4) is 0 Å². The predicted molar refractivity (Wildman–Crippen MR) is 106 cm³/mol. The van der Waals surface area contributed by atoms with Crippen LogP contribution in [-0.2, 0) is 33.4 Å². The lowest BCUT2D eigenvalue weighted by Gasteiger charge is -2.31. The van der Waals surface area contributed by atoms with Crippen molar-refractivity contribution in [1.82, 2.24) is 9.97 Å². The molecule has 0 aliphatic heterocycles. The molecule has 0 aliphatic carbocycles. The molecule has 0 spiro atoms. The molecule has 1 aromatic carbocycles. The third-order valence-electron chi connectivity index (χ3n) is 5.08. The number of nitrogens with zero attached hydrogens (tertiary/aromatic N) is 2. The monoisotopic (exact) mass is 440 g/mol. The molecule has 0 amide bonds. The van der Waals surface area contributed by atoms with E-state index in [4.69, 9.17) is 0 Å². The minimum absolute atomic E-state index is 0.0207. The minimum atomic E-state index is -2.13. The molecule has 168 valence electrons. The van der Waals surface area contributed by atoms with Crippen LogP contribution in [0, 0.1) is 23.3 Å². The van der Waals surface area contributed by atoms with Crippen LogP contribution in [0.1, 0.15) is 50.2 Å². The number of carboxylic acid groups (broad SMARTS) is 1. The average molecular weight is 440 g/mol. The Morgan fingerprint density at radius 2 is 1.48 bits per heavy atom. The summed E-state index contributed by atoms with van der Waals surface area (Å²) >= 11 is 0. The first-order chi connectivity index (χ1) is 14.3. The Morgan fingerprint density at radius 1 is 1.03 bits per heavy atom. The summed E-state index contributed by atoms with van der Waals surface area (Å²) < 4.78 is 62.8. The maximum absolute atomic E-state index is 14.7. The lowest BCUT2D eigenvalue weighted by molar-refractivity contribution is -0.142. The van der Waals surface area contributed by atoms with Gasteiger partial charge in [-0.25, -0.2) is 27.5 Å². The summed E-state index contributed by atoms with van der Waals surface area (Å²) in [4.78, 5) is 20.7. The van der Waals surface area contributed by atoms with Gasteiger partial charge in [0.25, 0.3) is 0 Å². The highest BCUT2D eigenvalue weighted by Crippen LogP contribution is 2.38. The number of hydrogen-bond acceptors (Lipinski definition) is 4. The highest BCUT2D eigenvalue weighted by Gasteiger charge is 2.45. The largest absolute Gasteiger partial charge is 0.480 e. The van der Waals surface area contributed by atoms with E-state index in [2.05, 4.69) is 21.3 Å². The van der Waals surface area contributed by atoms with Gasteiger partial charge in [-0.2, -0.15) is 0 Å². The molecule has 0 fully saturated rings. The zero-order valence-corrected chi connectivity index (χ0v) is 17.9. The third-order valence-corrected chi connectivity index (χ3v) is 5.08. The molecule has 0 saturated heterocycles. The zero-order valence-electron chi connectivity index (χ0n) is 17.9. The van der Waals surface area contributed by atoms with Crippen LogP contribution in [-0.4, -0.2) is 28.2 Å². The van der Waals surface area contributed by atoms with Gasteiger partial charge in [0.15, 0.2) is 23.3 Å². The van der Waals surface area contributed by atoms with Gasteiger partial charge in [-0.1, -0.05) is 32.9 Å². The summed E-state index contributed by atoms with van der Waals surface area (Å²) in [6.07, 6.45) is 1.51. The normalized spacial score (nSPS) is 13.7. The Morgan fingerprint density at radius 3 is 1.84 bits per heavy atom.